The van der Waals surface area contributed by atoms with E-state index in [4.69, 9.17) is 4.74 Å². The number of amides is 1. The van der Waals surface area contributed by atoms with Crippen LogP contribution in [-0.2, 0) is 11.3 Å². The number of rotatable bonds is 6. The van der Waals surface area contributed by atoms with Crippen molar-refractivity contribution < 1.29 is 9.53 Å². The first-order valence-electron chi connectivity index (χ1n) is 7.34. The van der Waals surface area contributed by atoms with Crippen LogP contribution in [0.2, 0.25) is 0 Å². The third-order valence-electron chi connectivity index (χ3n) is 3.30. The van der Waals surface area contributed by atoms with Crippen LogP contribution >= 0.6 is 0 Å². The van der Waals surface area contributed by atoms with E-state index in [1.807, 2.05) is 71.5 Å². The highest BCUT2D eigenvalue weighted by Crippen LogP contribution is 2.16. The molecule has 1 amide bonds. The van der Waals surface area contributed by atoms with Gasteiger partial charge in [0.25, 0.3) is 5.91 Å². The second-order valence-corrected chi connectivity index (χ2v) is 5.01. The summed E-state index contributed by atoms with van der Waals surface area (Å²) in [6, 6.07) is 18.8. The van der Waals surface area contributed by atoms with Gasteiger partial charge in [-0.05, 0) is 29.8 Å². The minimum atomic E-state index is -0.193. The Hall–Kier alpha value is -3.08. The Kier molecular flexibility index (Phi) is 4.69. The fraction of sp³-hybridized carbons (Fsp3) is 0.111. The van der Waals surface area contributed by atoms with Gasteiger partial charge < -0.3 is 10.1 Å². The number of aromatic nitrogens is 2. The van der Waals surface area contributed by atoms with Crippen molar-refractivity contribution in [2.45, 2.75) is 6.54 Å². The van der Waals surface area contributed by atoms with E-state index in [1.165, 1.54) is 0 Å². The van der Waals surface area contributed by atoms with Crippen LogP contribution in [0.5, 0.6) is 5.75 Å². The molecule has 23 heavy (non-hydrogen) atoms. The Morgan fingerprint density at radius 3 is 2.61 bits per heavy atom. The first kappa shape index (κ1) is 14.8. The van der Waals surface area contributed by atoms with Crippen molar-refractivity contribution in [3.8, 4) is 5.75 Å². The van der Waals surface area contributed by atoms with Gasteiger partial charge in [0.1, 0.15) is 5.75 Å². The molecule has 0 spiro atoms. The molecule has 1 heterocycles. The van der Waals surface area contributed by atoms with Crippen LogP contribution in [0.25, 0.3) is 0 Å². The third kappa shape index (κ3) is 4.20. The number of nitrogens with one attached hydrogen (secondary N) is 1. The van der Waals surface area contributed by atoms with Crippen molar-refractivity contribution in [2.24, 2.45) is 0 Å². The molecule has 0 aliphatic rings. The lowest BCUT2D eigenvalue weighted by Gasteiger charge is -2.12. The Balaban J connectivity index is 1.62. The molecule has 3 rings (SSSR count). The number of carbonyl (C=O) groups is 1. The molecule has 0 saturated heterocycles. The fourth-order valence-corrected chi connectivity index (χ4v) is 2.20. The Bertz CT molecular complexity index is 755. The van der Waals surface area contributed by atoms with Gasteiger partial charge in [0.2, 0.25) is 0 Å². The molecule has 0 radical (unpaired) electrons. The zero-order valence-electron chi connectivity index (χ0n) is 12.6. The molecule has 5 nitrogen and oxygen atoms in total. The van der Waals surface area contributed by atoms with Gasteiger partial charge in [-0.2, -0.15) is 5.10 Å². The van der Waals surface area contributed by atoms with Gasteiger partial charge >= 0.3 is 0 Å². The summed E-state index contributed by atoms with van der Waals surface area (Å²) in [6.07, 6.45) is 3.62. The predicted octanol–water partition coefficient (Wildman–Crippen LogP) is 2.95. The van der Waals surface area contributed by atoms with Crippen LogP contribution in [0, 0.1) is 0 Å². The maximum Gasteiger partial charge on any atom is 0.262 e. The van der Waals surface area contributed by atoms with E-state index >= 15 is 0 Å². The SMILES string of the molecule is O=C(COc1ccccc1)Nc1ccccc1Cn1cccn1. The summed E-state index contributed by atoms with van der Waals surface area (Å²) in [5.41, 5.74) is 1.76. The lowest BCUT2D eigenvalue weighted by molar-refractivity contribution is -0.118. The van der Waals surface area contributed by atoms with E-state index < -0.39 is 0 Å². The standard InChI is InChI=1S/C18H17N3O2/c22-18(14-23-16-8-2-1-3-9-16)20-17-10-5-4-7-15(17)13-21-12-6-11-19-21/h1-12H,13-14H2,(H,20,22). The van der Waals surface area contributed by atoms with Crippen LogP contribution in [0.4, 0.5) is 5.69 Å². The van der Waals surface area contributed by atoms with E-state index in [9.17, 15) is 4.79 Å². The second kappa shape index (κ2) is 7.26. The molecule has 116 valence electrons. The molecule has 0 aliphatic carbocycles. The minimum absolute atomic E-state index is 0.0277. The first-order chi connectivity index (χ1) is 11.3. The van der Waals surface area contributed by atoms with Gasteiger partial charge in [0.15, 0.2) is 6.61 Å². The first-order valence-corrected chi connectivity index (χ1v) is 7.34. The topological polar surface area (TPSA) is 56.1 Å². The zero-order valence-corrected chi connectivity index (χ0v) is 12.6. The van der Waals surface area contributed by atoms with Gasteiger partial charge in [-0.1, -0.05) is 36.4 Å². The highest BCUT2D eigenvalue weighted by atomic mass is 16.5. The summed E-state index contributed by atoms with van der Waals surface area (Å²) in [5, 5.41) is 7.08. The third-order valence-corrected chi connectivity index (χ3v) is 3.30. The van der Waals surface area contributed by atoms with Crippen molar-refractivity contribution in [1.29, 1.82) is 0 Å². The largest absolute Gasteiger partial charge is 0.484 e. The summed E-state index contributed by atoms with van der Waals surface area (Å²) < 4.78 is 7.27. The minimum Gasteiger partial charge on any atom is -0.484 e. The maximum atomic E-state index is 12.1. The zero-order chi connectivity index (χ0) is 15.9. The smallest absolute Gasteiger partial charge is 0.262 e. The summed E-state index contributed by atoms with van der Waals surface area (Å²) in [7, 11) is 0. The number of hydrogen-bond donors (Lipinski definition) is 1. The Morgan fingerprint density at radius 1 is 1.04 bits per heavy atom. The van der Waals surface area contributed by atoms with Crippen molar-refractivity contribution in [2.75, 3.05) is 11.9 Å². The molecule has 0 atom stereocenters. The van der Waals surface area contributed by atoms with E-state index in [0.29, 0.717) is 12.3 Å². The number of anilines is 1. The van der Waals surface area contributed by atoms with Gasteiger partial charge in [-0.3, -0.25) is 9.48 Å². The normalized spacial score (nSPS) is 10.3. The van der Waals surface area contributed by atoms with Crippen molar-refractivity contribution in [1.82, 2.24) is 9.78 Å². The summed E-state index contributed by atoms with van der Waals surface area (Å²) in [5.74, 6) is 0.481. The quantitative estimate of drug-likeness (QED) is 0.762. The molecule has 0 fully saturated rings. The van der Waals surface area contributed by atoms with Crippen LogP contribution in [0.1, 0.15) is 5.56 Å². The van der Waals surface area contributed by atoms with Gasteiger partial charge in [-0.15, -0.1) is 0 Å². The lowest BCUT2D eigenvalue weighted by Crippen LogP contribution is -2.21. The molecule has 1 N–H and O–H groups in total. The lowest BCUT2D eigenvalue weighted by atomic mass is 10.1. The number of ether oxygens (including phenoxy) is 1. The summed E-state index contributed by atoms with van der Waals surface area (Å²) in [4.78, 5) is 12.1. The number of carbonyl (C=O) groups excluding carboxylic acids is 1. The molecule has 1 aromatic heterocycles. The highest BCUT2D eigenvalue weighted by Gasteiger charge is 2.08. The van der Waals surface area contributed by atoms with Crippen LogP contribution in [0.15, 0.2) is 73.1 Å². The van der Waals surface area contributed by atoms with E-state index in [-0.39, 0.29) is 12.5 Å². The summed E-state index contributed by atoms with van der Waals surface area (Å²) >= 11 is 0. The monoisotopic (exact) mass is 307 g/mol. The molecule has 2 aromatic carbocycles. The fourth-order valence-electron chi connectivity index (χ4n) is 2.20. The molecule has 0 aliphatic heterocycles. The molecule has 0 saturated carbocycles. The Morgan fingerprint density at radius 2 is 1.83 bits per heavy atom. The number of para-hydroxylation sites is 2. The number of benzene rings is 2. The Labute approximate surface area is 134 Å². The van der Waals surface area contributed by atoms with Crippen LogP contribution in [-0.4, -0.2) is 22.3 Å². The van der Waals surface area contributed by atoms with Gasteiger partial charge in [0.05, 0.1) is 6.54 Å². The van der Waals surface area contributed by atoms with E-state index in [1.54, 1.807) is 6.20 Å². The average molecular weight is 307 g/mol. The van der Waals surface area contributed by atoms with Gasteiger partial charge in [-0.25, -0.2) is 0 Å². The van der Waals surface area contributed by atoms with Crippen molar-refractivity contribution in [3.63, 3.8) is 0 Å². The van der Waals surface area contributed by atoms with Crippen molar-refractivity contribution in [3.05, 3.63) is 78.6 Å². The molecule has 0 bridgehead atoms. The van der Waals surface area contributed by atoms with Gasteiger partial charge in [0, 0.05) is 18.1 Å². The molecular weight excluding hydrogens is 290 g/mol. The predicted molar refractivity (Wildman–Crippen MR) is 88.3 cm³/mol. The summed E-state index contributed by atoms with van der Waals surface area (Å²) in [6.45, 7) is 0.573. The van der Waals surface area contributed by atoms with Crippen LogP contribution in [0.3, 0.4) is 0 Å². The molecule has 0 unspecified atom stereocenters. The van der Waals surface area contributed by atoms with Crippen molar-refractivity contribution >= 4 is 11.6 Å². The molecule has 5 heteroatoms. The average Bonchev–Trinajstić information content (AvgIpc) is 3.09. The molecular formula is C18H17N3O2. The second-order valence-electron chi connectivity index (χ2n) is 5.01. The molecule has 3 aromatic rings. The highest BCUT2D eigenvalue weighted by molar-refractivity contribution is 5.92. The van der Waals surface area contributed by atoms with Crippen LogP contribution < -0.4 is 10.1 Å². The van der Waals surface area contributed by atoms with E-state index in [2.05, 4.69) is 10.4 Å². The number of nitrogens with zero attached hydrogens (tertiary/aromatic N) is 2. The van der Waals surface area contributed by atoms with E-state index in [0.717, 1.165) is 11.3 Å². The maximum absolute atomic E-state index is 12.1. The number of hydrogen-bond acceptors (Lipinski definition) is 3.